The lowest BCUT2D eigenvalue weighted by atomic mass is 10.1. The average molecular weight is 383 g/mol. The fraction of sp³-hybridized carbons (Fsp3) is 0.364. The van der Waals surface area contributed by atoms with Crippen LogP contribution < -0.4 is 15.5 Å². The molecule has 0 bridgehead atoms. The lowest BCUT2D eigenvalue weighted by Gasteiger charge is -2.22. The summed E-state index contributed by atoms with van der Waals surface area (Å²) < 4.78 is 13.7. The number of carbonyl (C=O) groups is 2. The van der Waals surface area contributed by atoms with Crippen LogP contribution in [0, 0.1) is 24.6 Å². The van der Waals surface area contributed by atoms with Gasteiger partial charge in [-0.25, -0.2) is 4.39 Å². The largest absolute Gasteiger partial charge is 0.372 e. The minimum Gasteiger partial charge on any atom is -0.372 e. The van der Waals surface area contributed by atoms with Gasteiger partial charge in [-0.05, 0) is 63.1 Å². The van der Waals surface area contributed by atoms with Gasteiger partial charge in [0.05, 0.1) is 17.5 Å². The van der Waals surface area contributed by atoms with Gasteiger partial charge in [-0.2, -0.15) is 0 Å². The first kappa shape index (κ1) is 19.9. The number of nitrogens with one attached hydrogen (secondary N) is 2. The molecule has 1 aliphatic carbocycles. The standard InChI is InChI=1S/C22H26FN3O2/c1-4-26(5-2)15-10-11-19(14(3)12-15)24-21(27)16-13-17(16)22(28)25-20-9-7-6-8-18(20)23/h6-12,16-17H,4-5,13H2,1-3H3,(H,24,27)(H,25,28). The van der Waals surface area contributed by atoms with Crippen molar-refractivity contribution in [2.24, 2.45) is 11.8 Å². The molecule has 2 aromatic rings. The van der Waals surface area contributed by atoms with Crippen molar-refractivity contribution in [2.75, 3.05) is 28.6 Å². The first-order valence-electron chi connectivity index (χ1n) is 9.66. The number of para-hydroxylation sites is 1. The second kappa shape index (κ2) is 8.42. The van der Waals surface area contributed by atoms with Gasteiger partial charge in [0.1, 0.15) is 5.82 Å². The molecule has 2 unspecified atom stereocenters. The zero-order valence-electron chi connectivity index (χ0n) is 16.5. The summed E-state index contributed by atoms with van der Waals surface area (Å²) in [5.74, 6) is -1.78. The van der Waals surface area contributed by atoms with Crippen LogP contribution in [0.15, 0.2) is 42.5 Å². The van der Waals surface area contributed by atoms with Crippen molar-refractivity contribution in [3.8, 4) is 0 Å². The number of halogens is 1. The minimum atomic E-state index is -0.485. The lowest BCUT2D eigenvalue weighted by molar-refractivity contribution is -0.122. The maximum absolute atomic E-state index is 13.7. The average Bonchev–Trinajstić information content (AvgIpc) is 3.48. The molecule has 1 aliphatic rings. The Morgan fingerprint density at radius 3 is 2.18 bits per heavy atom. The lowest BCUT2D eigenvalue weighted by Crippen LogP contribution is -2.22. The molecule has 1 saturated carbocycles. The number of aryl methyl sites for hydroxylation is 1. The second-order valence-electron chi connectivity index (χ2n) is 7.08. The number of rotatable bonds is 7. The second-order valence-corrected chi connectivity index (χ2v) is 7.08. The minimum absolute atomic E-state index is 0.140. The van der Waals surface area contributed by atoms with Crippen LogP contribution in [0.3, 0.4) is 0 Å². The zero-order chi connectivity index (χ0) is 20.3. The number of nitrogens with zero attached hydrogens (tertiary/aromatic N) is 1. The van der Waals surface area contributed by atoms with Gasteiger partial charge >= 0.3 is 0 Å². The van der Waals surface area contributed by atoms with Crippen LogP contribution in [0.5, 0.6) is 0 Å². The van der Waals surface area contributed by atoms with Gasteiger partial charge in [0.25, 0.3) is 0 Å². The highest BCUT2D eigenvalue weighted by Gasteiger charge is 2.48. The number of hydrogen-bond acceptors (Lipinski definition) is 3. The number of carbonyl (C=O) groups excluding carboxylic acids is 2. The third-order valence-electron chi connectivity index (χ3n) is 5.19. The first-order chi connectivity index (χ1) is 13.4. The van der Waals surface area contributed by atoms with Crippen LogP contribution in [-0.4, -0.2) is 24.9 Å². The molecule has 2 amide bonds. The van der Waals surface area contributed by atoms with E-state index in [0.717, 1.165) is 30.0 Å². The van der Waals surface area contributed by atoms with Gasteiger partial charge in [-0.1, -0.05) is 12.1 Å². The molecule has 2 atom stereocenters. The van der Waals surface area contributed by atoms with Crippen molar-refractivity contribution >= 4 is 28.9 Å². The van der Waals surface area contributed by atoms with E-state index < -0.39 is 11.7 Å². The van der Waals surface area contributed by atoms with Crippen LogP contribution in [-0.2, 0) is 9.59 Å². The topological polar surface area (TPSA) is 61.4 Å². The predicted molar refractivity (Wildman–Crippen MR) is 110 cm³/mol. The number of benzene rings is 2. The molecule has 1 fully saturated rings. The van der Waals surface area contributed by atoms with Gasteiger partial charge in [-0.15, -0.1) is 0 Å². The van der Waals surface area contributed by atoms with E-state index in [9.17, 15) is 14.0 Å². The normalized spacial score (nSPS) is 17.7. The van der Waals surface area contributed by atoms with Crippen molar-refractivity contribution in [1.82, 2.24) is 0 Å². The van der Waals surface area contributed by atoms with Gasteiger partial charge in [0.2, 0.25) is 11.8 Å². The quantitative estimate of drug-likeness (QED) is 0.754. The smallest absolute Gasteiger partial charge is 0.228 e. The van der Waals surface area contributed by atoms with Crippen LogP contribution in [0.2, 0.25) is 0 Å². The Labute approximate surface area is 164 Å². The number of anilines is 3. The SMILES string of the molecule is CCN(CC)c1ccc(NC(=O)C2CC2C(=O)Nc2ccccc2F)c(C)c1. The molecular formula is C22H26FN3O2. The van der Waals surface area contributed by atoms with E-state index >= 15 is 0 Å². The molecule has 3 rings (SSSR count). The first-order valence-corrected chi connectivity index (χ1v) is 9.66. The van der Waals surface area contributed by atoms with Crippen LogP contribution in [0.25, 0.3) is 0 Å². The van der Waals surface area contributed by atoms with Gasteiger partial charge in [-0.3, -0.25) is 9.59 Å². The van der Waals surface area contributed by atoms with E-state index in [2.05, 4.69) is 35.4 Å². The Morgan fingerprint density at radius 1 is 1.00 bits per heavy atom. The molecule has 0 radical (unpaired) electrons. The molecule has 2 aromatic carbocycles. The number of amides is 2. The van der Waals surface area contributed by atoms with E-state index in [1.807, 2.05) is 19.1 Å². The molecular weight excluding hydrogens is 357 g/mol. The molecule has 6 heteroatoms. The van der Waals surface area contributed by atoms with Crippen molar-refractivity contribution in [2.45, 2.75) is 27.2 Å². The summed E-state index contributed by atoms with van der Waals surface area (Å²) in [5, 5.41) is 5.49. The molecule has 0 aromatic heterocycles. The maximum atomic E-state index is 13.7. The fourth-order valence-corrected chi connectivity index (χ4v) is 3.36. The van der Waals surface area contributed by atoms with E-state index in [4.69, 9.17) is 0 Å². The highest BCUT2D eigenvalue weighted by molar-refractivity contribution is 6.03. The van der Waals surface area contributed by atoms with Crippen LogP contribution in [0.1, 0.15) is 25.8 Å². The fourth-order valence-electron chi connectivity index (χ4n) is 3.36. The Balaban J connectivity index is 1.59. The Morgan fingerprint density at radius 2 is 1.61 bits per heavy atom. The molecule has 2 N–H and O–H groups in total. The summed E-state index contributed by atoms with van der Waals surface area (Å²) in [6, 6.07) is 12.0. The van der Waals surface area contributed by atoms with Crippen molar-refractivity contribution in [3.05, 3.63) is 53.8 Å². The summed E-state index contributed by atoms with van der Waals surface area (Å²) in [5.41, 5.74) is 2.99. The van der Waals surface area contributed by atoms with Crippen LogP contribution >= 0.6 is 0 Å². The van der Waals surface area contributed by atoms with Crippen molar-refractivity contribution in [3.63, 3.8) is 0 Å². The highest BCUT2D eigenvalue weighted by atomic mass is 19.1. The van der Waals surface area contributed by atoms with Crippen molar-refractivity contribution < 1.29 is 14.0 Å². The van der Waals surface area contributed by atoms with Gasteiger partial charge in [0, 0.05) is 24.5 Å². The van der Waals surface area contributed by atoms with E-state index in [0.29, 0.717) is 6.42 Å². The summed E-state index contributed by atoms with van der Waals surface area (Å²) >= 11 is 0. The molecule has 0 aliphatic heterocycles. The summed E-state index contributed by atoms with van der Waals surface area (Å²) in [6.07, 6.45) is 0.475. The number of hydrogen-bond donors (Lipinski definition) is 2. The molecule has 0 saturated heterocycles. The molecule has 0 spiro atoms. The Bertz CT molecular complexity index is 880. The maximum Gasteiger partial charge on any atom is 0.228 e. The third-order valence-corrected chi connectivity index (χ3v) is 5.19. The summed E-state index contributed by atoms with van der Waals surface area (Å²) in [4.78, 5) is 27.0. The van der Waals surface area contributed by atoms with Crippen molar-refractivity contribution in [1.29, 1.82) is 0 Å². The molecule has 148 valence electrons. The van der Waals surface area contributed by atoms with Crippen LogP contribution in [0.4, 0.5) is 21.5 Å². The third kappa shape index (κ3) is 4.32. The van der Waals surface area contributed by atoms with E-state index in [-0.39, 0.29) is 23.4 Å². The molecule has 28 heavy (non-hydrogen) atoms. The highest BCUT2D eigenvalue weighted by Crippen LogP contribution is 2.40. The predicted octanol–water partition coefficient (Wildman–Crippen LogP) is 4.19. The Hall–Kier alpha value is -2.89. The van der Waals surface area contributed by atoms with Gasteiger partial charge < -0.3 is 15.5 Å². The summed E-state index contributed by atoms with van der Waals surface area (Å²) in [6.45, 7) is 8.01. The molecule has 5 nitrogen and oxygen atoms in total. The van der Waals surface area contributed by atoms with E-state index in [1.165, 1.54) is 12.1 Å². The monoisotopic (exact) mass is 383 g/mol. The van der Waals surface area contributed by atoms with Gasteiger partial charge in [0.15, 0.2) is 0 Å². The summed E-state index contributed by atoms with van der Waals surface area (Å²) in [7, 11) is 0. The molecule has 0 heterocycles. The zero-order valence-corrected chi connectivity index (χ0v) is 16.5. The van der Waals surface area contributed by atoms with E-state index in [1.54, 1.807) is 12.1 Å². The Kier molecular flexibility index (Phi) is 5.97.